The van der Waals surface area contributed by atoms with Gasteiger partial charge in [-0.1, -0.05) is 15.9 Å². The van der Waals surface area contributed by atoms with Crippen LogP contribution < -0.4 is 15.0 Å². The highest BCUT2D eigenvalue weighted by Gasteiger charge is 2.17. The van der Waals surface area contributed by atoms with Gasteiger partial charge in [0.1, 0.15) is 11.3 Å². The molecule has 20 heavy (non-hydrogen) atoms. The predicted octanol–water partition coefficient (Wildman–Crippen LogP) is 2.03. The molecule has 8 heteroatoms. The van der Waals surface area contributed by atoms with Gasteiger partial charge in [-0.05, 0) is 18.2 Å². The quantitative estimate of drug-likeness (QED) is 0.882. The number of aromatic carboxylic acids is 1. The van der Waals surface area contributed by atoms with Crippen LogP contribution in [0.25, 0.3) is 0 Å². The summed E-state index contributed by atoms with van der Waals surface area (Å²) in [6, 6.07) is 4.41. The van der Waals surface area contributed by atoms with Crippen LogP contribution in [0.4, 0.5) is 0 Å². The SMILES string of the molecule is COc1c(Oc2cc(Br)ccc2C(=O)O)nc[nH]c1=O. The monoisotopic (exact) mass is 340 g/mol. The number of aromatic amines is 1. The largest absolute Gasteiger partial charge is 0.487 e. The summed E-state index contributed by atoms with van der Waals surface area (Å²) in [7, 11) is 1.29. The maximum absolute atomic E-state index is 11.5. The van der Waals surface area contributed by atoms with Gasteiger partial charge in [0.05, 0.1) is 13.4 Å². The number of hydrogen-bond donors (Lipinski definition) is 2. The van der Waals surface area contributed by atoms with Crippen molar-refractivity contribution in [3.05, 3.63) is 44.9 Å². The molecule has 0 fully saturated rings. The van der Waals surface area contributed by atoms with Crippen molar-refractivity contribution in [3.8, 4) is 17.4 Å². The maximum atomic E-state index is 11.5. The average Bonchev–Trinajstić information content (AvgIpc) is 2.38. The standard InChI is InChI=1S/C12H9BrN2O5/c1-19-9-10(16)14-5-15-11(9)20-8-4-6(13)2-3-7(8)12(17)18/h2-5H,1H3,(H,17,18)(H,14,15,16). The first-order valence-corrected chi connectivity index (χ1v) is 6.14. The highest BCUT2D eigenvalue weighted by Crippen LogP contribution is 2.30. The molecule has 0 saturated carbocycles. The van der Waals surface area contributed by atoms with Crippen molar-refractivity contribution < 1.29 is 19.4 Å². The second-order valence-corrected chi connectivity index (χ2v) is 4.53. The molecule has 0 amide bonds. The minimum atomic E-state index is -1.16. The number of benzene rings is 1. The van der Waals surface area contributed by atoms with Gasteiger partial charge in [-0.3, -0.25) is 4.79 Å². The number of H-pyrrole nitrogens is 1. The van der Waals surface area contributed by atoms with Gasteiger partial charge in [-0.25, -0.2) is 9.78 Å². The third-order valence-corrected chi connectivity index (χ3v) is 2.86. The molecule has 0 unspecified atom stereocenters. The fraction of sp³-hybridized carbons (Fsp3) is 0.0833. The molecule has 7 nitrogen and oxygen atoms in total. The van der Waals surface area contributed by atoms with E-state index >= 15 is 0 Å². The van der Waals surface area contributed by atoms with Crippen LogP contribution in [0.5, 0.6) is 17.4 Å². The number of carboxylic acids is 1. The van der Waals surface area contributed by atoms with Crippen molar-refractivity contribution in [2.45, 2.75) is 0 Å². The van der Waals surface area contributed by atoms with E-state index in [9.17, 15) is 9.59 Å². The Hall–Kier alpha value is -2.35. The number of hydrogen-bond acceptors (Lipinski definition) is 5. The Labute approximate surface area is 121 Å². The highest BCUT2D eigenvalue weighted by molar-refractivity contribution is 9.10. The summed E-state index contributed by atoms with van der Waals surface area (Å²) in [5.74, 6) is -1.36. The van der Waals surface area contributed by atoms with Gasteiger partial charge in [-0.15, -0.1) is 0 Å². The molecular weight excluding hydrogens is 332 g/mol. The number of ether oxygens (including phenoxy) is 2. The first-order chi connectivity index (χ1) is 9.52. The van der Waals surface area contributed by atoms with Crippen LogP contribution >= 0.6 is 15.9 Å². The van der Waals surface area contributed by atoms with Crippen LogP contribution in [0.15, 0.2) is 33.8 Å². The Morgan fingerprint density at radius 3 is 2.85 bits per heavy atom. The first-order valence-electron chi connectivity index (χ1n) is 5.35. The second kappa shape index (κ2) is 5.74. The molecule has 1 aromatic heterocycles. The molecule has 0 aliphatic heterocycles. The summed E-state index contributed by atoms with van der Waals surface area (Å²) >= 11 is 3.22. The van der Waals surface area contributed by atoms with Crippen molar-refractivity contribution in [1.82, 2.24) is 9.97 Å². The van der Waals surface area contributed by atoms with Crippen LogP contribution in [0.1, 0.15) is 10.4 Å². The second-order valence-electron chi connectivity index (χ2n) is 3.62. The Kier molecular flexibility index (Phi) is 4.04. The van der Waals surface area contributed by atoms with E-state index in [4.69, 9.17) is 14.6 Å². The van der Waals surface area contributed by atoms with Crippen molar-refractivity contribution in [1.29, 1.82) is 0 Å². The number of halogens is 1. The van der Waals surface area contributed by atoms with E-state index in [0.717, 1.165) is 6.33 Å². The van der Waals surface area contributed by atoms with Crippen molar-refractivity contribution >= 4 is 21.9 Å². The lowest BCUT2D eigenvalue weighted by molar-refractivity contribution is 0.0694. The van der Waals surface area contributed by atoms with Gasteiger partial charge >= 0.3 is 5.97 Å². The zero-order valence-corrected chi connectivity index (χ0v) is 11.8. The third kappa shape index (κ3) is 2.80. The number of nitrogens with one attached hydrogen (secondary N) is 1. The van der Waals surface area contributed by atoms with Gasteiger partial charge in [0.15, 0.2) is 0 Å². The minimum Gasteiger partial charge on any atom is -0.487 e. The van der Waals surface area contributed by atoms with E-state index in [-0.39, 0.29) is 22.9 Å². The Bertz CT molecular complexity index is 713. The summed E-state index contributed by atoms with van der Waals surface area (Å²) in [6.45, 7) is 0. The van der Waals surface area contributed by atoms with Crippen molar-refractivity contribution in [2.24, 2.45) is 0 Å². The van der Waals surface area contributed by atoms with E-state index < -0.39 is 11.5 Å². The molecule has 0 spiro atoms. The van der Waals surface area contributed by atoms with Crippen LogP contribution in [-0.2, 0) is 0 Å². The van der Waals surface area contributed by atoms with Crippen molar-refractivity contribution in [3.63, 3.8) is 0 Å². The Balaban J connectivity index is 2.50. The minimum absolute atomic E-state index is 0.0447. The molecule has 104 valence electrons. The number of nitrogens with zero attached hydrogens (tertiary/aromatic N) is 1. The molecule has 0 atom stereocenters. The lowest BCUT2D eigenvalue weighted by atomic mass is 10.2. The number of rotatable bonds is 4. The molecule has 2 aromatic rings. The van der Waals surface area contributed by atoms with Crippen LogP contribution in [-0.4, -0.2) is 28.2 Å². The molecule has 0 radical (unpaired) electrons. The van der Waals surface area contributed by atoms with Gasteiger partial charge in [-0.2, -0.15) is 0 Å². The summed E-state index contributed by atoms with van der Waals surface area (Å²) in [6.07, 6.45) is 1.14. The predicted molar refractivity (Wildman–Crippen MR) is 72.6 cm³/mol. The molecule has 1 aromatic carbocycles. The summed E-state index contributed by atoms with van der Waals surface area (Å²) < 4.78 is 10.9. The highest BCUT2D eigenvalue weighted by atomic mass is 79.9. The molecular formula is C12H9BrN2O5. The summed E-state index contributed by atoms with van der Waals surface area (Å²) in [5, 5.41) is 9.10. The maximum Gasteiger partial charge on any atom is 0.339 e. The molecule has 2 N–H and O–H groups in total. The Morgan fingerprint density at radius 2 is 2.20 bits per heavy atom. The normalized spacial score (nSPS) is 10.1. The molecule has 0 bridgehead atoms. The smallest absolute Gasteiger partial charge is 0.339 e. The lowest BCUT2D eigenvalue weighted by Crippen LogP contribution is -2.11. The molecule has 0 aliphatic rings. The molecule has 2 rings (SSSR count). The third-order valence-electron chi connectivity index (χ3n) is 2.36. The molecule has 0 saturated heterocycles. The van der Waals surface area contributed by atoms with Crippen LogP contribution in [0, 0.1) is 0 Å². The topological polar surface area (TPSA) is 102 Å². The van der Waals surface area contributed by atoms with Crippen LogP contribution in [0.3, 0.4) is 0 Å². The van der Waals surface area contributed by atoms with E-state index in [1.165, 1.54) is 19.2 Å². The number of aromatic nitrogens is 2. The van der Waals surface area contributed by atoms with E-state index in [1.54, 1.807) is 6.07 Å². The number of carboxylic acid groups (broad SMARTS) is 1. The Morgan fingerprint density at radius 1 is 1.45 bits per heavy atom. The van der Waals surface area contributed by atoms with Crippen LogP contribution in [0.2, 0.25) is 0 Å². The van der Waals surface area contributed by atoms with E-state index in [1.807, 2.05) is 0 Å². The number of carbonyl (C=O) groups is 1. The zero-order chi connectivity index (χ0) is 14.7. The zero-order valence-electron chi connectivity index (χ0n) is 10.2. The molecule has 1 heterocycles. The van der Waals surface area contributed by atoms with E-state index in [2.05, 4.69) is 25.9 Å². The number of methoxy groups -OCH3 is 1. The fourth-order valence-corrected chi connectivity index (χ4v) is 1.83. The van der Waals surface area contributed by atoms with Gasteiger partial charge in [0.25, 0.3) is 11.4 Å². The van der Waals surface area contributed by atoms with Gasteiger partial charge in [0, 0.05) is 4.47 Å². The van der Waals surface area contributed by atoms with E-state index in [0.29, 0.717) is 4.47 Å². The van der Waals surface area contributed by atoms with Crippen molar-refractivity contribution in [2.75, 3.05) is 7.11 Å². The molecule has 0 aliphatic carbocycles. The van der Waals surface area contributed by atoms with Gasteiger partial charge in [0.2, 0.25) is 5.75 Å². The summed E-state index contributed by atoms with van der Waals surface area (Å²) in [5.41, 5.74) is -0.582. The first kappa shape index (κ1) is 14.1. The lowest BCUT2D eigenvalue weighted by Gasteiger charge is -2.10. The average molecular weight is 341 g/mol. The summed E-state index contributed by atoms with van der Waals surface area (Å²) in [4.78, 5) is 28.8. The van der Waals surface area contributed by atoms with Gasteiger partial charge < -0.3 is 19.6 Å². The fourth-order valence-electron chi connectivity index (χ4n) is 1.48.